The molecule has 1 heterocycles. The zero-order valence-electron chi connectivity index (χ0n) is 11.7. The number of sulfonamides is 1. The first-order valence-corrected chi connectivity index (χ1v) is 8.09. The van der Waals surface area contributed by atoms with E-state index in [1.54, 1.807) is 12.1 Å². The Balaban J connectivity index is 2.27. The number of rotatable bonds is 3. The molecule has 1 aliphatic rings. The van der Waals surface area contributed by atoms with E-state index < -0.39 is 10.0 Å². The van der Waals surface area contributed by atoms with Gasteiger partial charge in [-0.3, -0.25) is 0 Å². The summed E-state index contributed by atoms with van der Waals surface area (Å²) in [6, 6.07) is 4.74. The molecule has 7 heteroatoms. The fourth-order valence-electron chi connectivity index (χ4n) is 2.46. The highest BCUT2D eigenvalue weighted by Crippen LogP contribution is 2.30. The number of nitrogen functional groups attached to an aromatic ring is 1. The lowest BCUT2D eigenvalue weighted by Crippen LogP contribution is -2.42. The number of hydrogen-bond acceptors (Lipinski definition) is 5. The lowest BCUT2D eigenvalue weighted by molar-refractivity contribution is 0.0971. The Morgan fingerprint density at radius 2 is 2.15 bits per heavy atom. The smallest absolute Gasteiger partial charge is 0.240 e. The molecule has 4 N–H and O–H groups in total. The molecule has 0 spiro atoms. The zero-order chi connectivity index (χ0) is 14.9. The van der Waals surface area contributed by atoms with Crippen molar-refractivity contribution in [3.8, 4) is 0 Å². The summed E-state index contributed by atoms with van der Waals surface area (Å²) in [5, 5.41) is 9.75. The van der Waals surface area contributed by atoms with Gasteiger partial charge in [-0.15, -0.1) is 0 Å². The second kappa shape index (κ2) is 5.59. The number of aliphatic hydroxyl groups excluding tert-OH is 1. The first-order valence-electron chi connectivity index (χ1n) is 6.61. The second-order valence-electron chi connectivity index (χ2n) is 5.21. The Hall–Kier alpha value is -1.31. The monoisotopic (exact) mass is 299 g/mol. The van der Waals surface area contributed by atoms with Crippen LogP contribution in [0, 0.1) is 5.92 Å². The van der Waals surface area contributed by atoms with Crippen LogP contribution in [-0.2, 0) is 10.0 Å². The average Bonchev–Trinajstić information content (AvgIpc) is 2.42. The van der Waals surface area contributed by atoms with Crippen LogP contribution in [0.25, 0.3) is 0 Å². The van der Waals surface area contributed by atoms with Gasteiger partial charge in [0.15, 0.2) is 0 Å². The van der Waals surface area contributed by atoms with E-state index in [1.807, 2.05) is 6.92 Å². The summed E-state index contributed by atoms with van der Waals surface area (Å²) in [4.78, 5) is 2.24. The predicted octanol–water partition coefficient (Wildman–Crippen LogP) is 0.384. The molecule has 2 rings (SSSR count). The molecule has 1 aromatic rings. The van der Waals surface area contributed by atoms with E-state index in [9.17, 15) is 13.5 Å². The fourth-order valence-corrected chi connectivity index (χ4v) is 3.22. The van der Waals surface area contributed by atoms with Crippen LogP contribution < -0.4 is 15.4 Å². The fraction of sp³-hybridized carbons (Fsp3) is 0.538. The molecule has 1 aromatic carbocycles. The summed E-state index contributed by atoms with van der Waals surface area (Å²) < 4.78 is 25.7. The number of nitrogens with one attached hydrogen (secondary N) is 1. The molecule has 2 unspecified atom stereocenters. The largest absolute Gasteiger partial charge is 0.397 e. The van der Waals surface area contributed by atoms with Crippen molar-refractivity contribution in [2.45, 2.75) is 24.3 Å². The number of benzene rings is 1. The van der Waals surface area contributed by atoms with Gasteiger partial charge in [-0.1, -0.05) is 6.92 Å². The van der Waals surface area contributed by atoms with E-state index in [0.717, 1.165) is 5.69 Å². The Bertz CT molecular complexity index is 589. The third kappa shape index (κ3) is 2.89. The summed E-state index contributed by atoms with van der Waals surface area (Å²) in [6.07, 6.45) is 0.411. The third-order valence-corrected chi connectivity index (χ3v) is 5.19. The number of piperidine rings is 1. The van der Waals surface area contributed by atoms with Crippen molar-refractivity contribution in [1.29, 1.82) is 0 Å². The molecular formula is C13H21N3O3S. The molecular weight excluding hydrogens is 278 g/mol. The molecule has 0 bridgehead atoms. The van der Waals surface area contributed by atoms with Gasteiger partial charge in [-0.25, -0.2) is 13.1 Å². The maximum atomic E-state index is 11.7. The van der Waals surface area contributed by atoms with Gasteiger partial charge < -0.3 is 15.7 Å². The van der Waals surface area contributed by atoms with Crippen molar-refractivity contribution >= 4 is 21.4 Å². The minimum atomic E-state index is -3.48. The van der Waals surface area contributed by atoms with Gasteiger partial charge in [0.1, 0.15) is 0 Å². The van der Waals surface area contributed by atoms with Gasteiger partial charge in [0.2, 0.25) is 10.0 Å². The Morgan fingerprint density at radius 3 is 2.70 bits per heavy atom. The van der Waals surface area contributed by atoms with Crippen molar-refractivity contribution in [1.82, 2.24) is 4.72 Å². The predicted molar refractivity (Wildman–Crippen MR) is 79.1 cm³/mol. The third-order valence-electron chi connectivity index (χ3n) is 3.78. The number of anilines is 2. The van der Waals surface area contributed by atoms with Gasteiger partial charge >= 0.3 is 0 Å². The normalized spacial score (nSPS) is 23.9. The van der Waals surface area contributed by atoms with E-state index in [4.69, 9.17) is 5.73 Å². The van der Waals surface area contributed by atoms with Gasteiger partial charge in [0.25, 0.3) is 0 Å². The number of nitrogens with two attached hydrogens (primary N) is 1. The lowest BCUT2D eigenvalue weighted by Gasteiger charge is -2.36. The number of nitrogens with zero attached hydrogens (tertiary/aromatic N) is 1. The van der Waals surface area contributed by atoms with Crippen molar-refractivity contribution in [3.05, 3.63) is 18.2 Å². The van der Waals surface area contributed by atoms with Gasteiger partial charge in [-0.2, -0.15) is 0 Å². The summed E-state index contributed by atoms with van der Waals surface area (Å²) >= 11 is 0. The zero-order valence-corrected chi connectivity index (χ0v) is 12.5. The van der Waals surface area contributed by atoms with E-state index in [-0.39, 0.29) is 16.9 Å². The molecule has 1 aliphatic heterocycles. The van der Waals surface area contributed by atoms with E-state index in [2.05, 4.69) is 9.62 Å². The van der Waals surface area contributed by atoms with E-state index >= 15 is 0 Å². The molecule has 20 heavy (non-hydrogen) atoms. The van der Waals surface area contributed by atoms with Crippen LogP contribution in [0.5, 0.6) is 0 Å². The topological polar surface area (TPSA) is 95.7 Å². The molecule has 1 fully saturated rings. The average molecular weight is 299 g/mol. The Kier molecular flexibility index (Phi) is 4.22. The van der Waals surface area contributed by atoms with Crippen LogP contribution in [0.15, 0.2) is 23.1 Å². The molecule has 0 radical (unpaired) electrons. The van der Waals surface area contributed by atoms with Crippen LogP contribution in [0.1, 0.15) is 13.3 Å². The standard InChI is InChI=1S/C13H21N3O3S/c1-9-8-16(6-5-13(9)17)12-4-3-10(7-11(12)14)20(18,19)15-2/h3-4,7,9,13,15,17H,5-6,8,14H2,1-2H3. The quantitative estimate of drug-likeness (QED) is 0.702. The van der Waals surface area contributed by atoms with Crippen molar-refractivity contribution < 1.29 is 13.5 Å². The minimum absolute atomic E-state index is 0.159. The van der Waals surface area contributed by atoms with Crippen LogP contribution in [0.3, 0.4) is 0 Å². The van der Waals surface area contributed by atoms with Crippen molar-refractivity contribution in [2.24, 2.45) is 5.92 Å². The van der Waals surface area contributed by atoms with Crippen LogP contribution in [0.2, 0.25) is 0 Å². The van der Waals surface area contributed by atoms with Gasteiger partial charge in [0.05, 0.1) is 22.4 Å². The molecule has 2 atom stereocenters. The second-order valence-corrected chi connectivity index (χ2v) is 7.09. The molecule has 0 saturated carbocycles. The molecule has 6 nitrogen and oxygen atoms in total. The Labute approximate surface area is 119 Å². The van der Waals surface area contributed by atoms with Crippen molar-refractivity contribution in [3.63, 3.8) is 0 Å². The summed E-state index contributed by atoms with van der Waals surface area (Å²) in [7, 11) is -2.11. The van der Waals surface area contributed by atoms with Crippen LogP contribution >= 0.6 is 0 Å². The molecule has 1 saturated heterocycles. The maximum absolute atomic E-state index is 11.7. The number of hydrogen-bond donors (Lipinski definition) is 3. The number of aliphatic hydroxyl groups is 1. The molecule has 0 aromatic heterocycles. The summed E-state index contributed by atoms with van der Waals surface area (Å²) in [5.74, 6) is 0.170. The van der Waals surface area contributed by atoms with Gasteiger partial charge in [-0.05, 0) is 37.6 Å². The maximum Gasteiger partial charge on any atom is 0.240 e. The lowest BCUT2D eigenvalue weighted by atomic mass is 9.96. The molecule has 112 valence electrons. The van der Waals surface area contributed by atoms with Crippen LogP contribution in [-0.4, -0.2) is 39.8 Å². The molecule has 0 aliphatic carbocycles. The van der Waals surface area contributed by atoms with E-state index in [0.29, 0.717) is 25.2 Å². The first-order chi connectivity index (χ1) is 9.35. The van der Waals surface area contributed by atoms with Crippen molar-refractivity contribution in [2.75, 3.05) is 30.8 Å². The highest BCUT2D eigenvalue weighted by atomic mass is 32.2. The van der Waals surface area contributed by atoms with Crippen LogP contribution in [0.4, 0.5) is 11.4 Å². The first kappa shape index (κ1) is 15.1. The highest BCUT2D eigenvalue weighted by Gasteiger charge is 2.25. The SMILES string of the molecule is CNS(=O)(=O)c1ccc(N2CCC(O)C(C)C2)c(N)c1. The minimum Gasteiger partial charge on any atom is -0.397 e. The highest BCUT2D eigenvalue weighted by molar-refractivity contribution is 7.89. The summed E-state index contributed by atoms with van der Waals surface area (Å²) in [5.41, 5.74) is 7.24. The summed E-state index contributed by atoms with van der Waals surface area (Å²) in [6.45, 7) is 3.42. The van der Waals surface area contributed by atoms with Gasteiger partial charge in [0, 0.05) is 13.1 Å². The molecule has 0 amide bonds. The Morgan fingerprint density at radius 1 is 1.45 bits per heavy atom. The van der Waals surface area contributed by atoms with E-state index in [1.165, 1.54) is 13.1 Å².